The summed E-state index contributed by atoms with van der Waals surface area (Å²) in [6.07, 6.45) is 1.55. The largest absolute Gasteiger partial charge is 0.491 e. The van der Waals surface area contributed by atoms with Crippen LogP contribution in [0.1, 0.15) is 11.8 Å². The number of rotatable bonds is 6. The van der Waals surface area contributed by atoms with Crippen LogP contribution in [0.15, 0.2) is 34.9 Å². The molecule has 0 spiro atoms. The number of nitrogens with zero attached hydrogens (tertiary/aromatic N) is 1. The lowest BCUT2D eigenvalue weighted by Gasteiger charge is -2.22. The molecule has 0 saturated carbocycles. The minimum absolute atomic E-state index is 0.0114. The number of likely N-dealkylation sites (N-methyl/N-ethyl adjacent to an activating group) is 1. The molecule has 1 aromatic carbocycles. The molecule has 1 unspecified atom stereocenters. The van der Waals surface area contributed by atoms with Crippen LogP contribution in [0.5, 0.6) is 5.75 Å². The Labute approximate surface area is 138 Å². The number of furan rings is 1. The van der Waals surface area contributed by atoms with Crippen LogP contribution in [0.25, 0.3) is 0 Å². The minimum Gasteiger partial charge on any atom is -0.491 e. The van der Waals surface area contributed by atoms with Gasteiger partial charge >= 0.3 is 6.03 Å². The number of carbonyl (C=O) groups is 1. The van der Waals surface area contributed by atoms with E-state index in [1.807, 2.05) is 19.0 Å². The highest BCUT2D eigenvalue weighted by atomic mass is 19.1. The first-order chi connectivity index (χ1) is 11.4. The Bertz CT molecular complexity index is 667. The first-order valence-electron chi connectivity index (χ1n) is 7.20. The maximum atomic E-state index is 13.6. The highest BCUT2D eigenvalue weighted by molar-refractivity contribution is 5.89. The minimum atomic E-state index is -0.894. The lowest BCUT2D eigenvalue weighted by molar-refractivity contribution is 0.233. The highest BCUT2D eigenvalue weighted by Crippen LogP contribution is 2.25. The van der Waals surface area contributed by atoms with Crippen molar-refractivity contribution in [3.63, 3.8) is 0 Å². The van der Waals surface area contributed by atoms with E-state index in [0.29, 0.717) is 5.76 Å². The van der Waals surface area contributed by atoms with Gasteiger partial charge in [-0.15, -0.1) is 0 Å². The molecular weight excluding hydrogens is 320 g/mol. The summed E-state index contributed by atoms with van der Waals surface area (Å²) in [6.45, 7) is 0.257. The summed E-state index contributed by atoms with van der Waals surface area (Å²) in [4.78, 5) is 13.8. The summed E-state index contributed by atoms with van der Waals surface area (Å²) in [5.41, 5.74) is -0.0114. The van der Waals surface area contributed by atoms with E-state index < -0.39 is 23.4 Å². The van der Waals surface area contributed by atoms with Crippen molar-refractivity contribution in [1.82, 2.24) is 10.2 Å². The number of methoxy groups -OCH3 is 1. The number of urea groups is 1. The molecule has 0 saturated heterocycles. The Morgan fingerprint density at radius 3 is 2.50 bits per heavy atom. The van der Waals surface area contributed by atoms with Crippen LogP contribution in [0.3, 0.4) is 0 Å². The molecule has 0 fully saturated rings. The van der Waals surface area contributed by atoms with Crippen LogP contribution in [0.2, 0.25) is 0 Å². The van der Waals surface area contributed by atoms with Gasteiger partial charge in [0.25, 0.3) is 0 Å². The maximum absolute atomic E-state index is 13.6. The van der Waals surface area contributed by atoms with Gasteiger partial charge in [0, 0.05) is 24.4 Å². The van der Waals surface area contributed by atoms with Gasteiger partial charge < -0.3 is 19.8 Å². The Morgan fingerprint density at radius 2 is 2.00 bits per heavy atom. The third-order valence-corrected chi connectivity index (χ3v) is 3.41. The van der Waals surface area contributed by atoms with Crippen molar-refractivity contribution in [2.45, 2.75) is 6.04 Å². The van der Waals surface area contributed by atoms with Crippen molar-refractivity contribution >= 4 is 11.7 Å². The zero-order valence-electron chi connectivity index (χ0n) is 13.6. The summed E-state index contributed by atoms with van der Waals surface area (Å²) in [5, 5.41) is 5.02. The van der Waals surface area contributed by atoms with Crippen LogP contribution in [0.4, 0.5) is 19.3 Å². The van der Waals surface area contributed by atoms with E-state index in [2.05, 4.69) is 15.4 Å². The standard InChI is InChI=1S/C16H19F2N3O3/c1-21(2)13(14-5-4-6-24-14)9-19-16(22)20-10-7-11(17)15(23-3)12(18)8-10/h4-8,13H,9H2,1-3H3,(H2,19,20,22). The van der Waals surface area contributed by atoms with Gasteiger partial charge in [-0.25, -0.2) is 13.6 Å². The van der Waals surface area contributed by atoms with Crippen molar-refractivity contribution in [1.29, 1.82) is 0 Å². The molecule has 24 heavy (non-hydrogen) atoms. The van der Waals surface area contributed by atoms with Crippen LogP contribution in [-0.2, 0) is 0 Å². The summed E-state index contributed by atoms with van der Waals surface area (Å²) >= 11 is 0. The molecule has 2 N–H and O–H groups in total. The average Bonchev–Trinajstić information content (AvgIpc) is 3.00. The van der Waals surface area contributed by atoms with Crippen molar-refractivity contribution in [3.05, 3.63) is 47.9 Å². The Balaban J connectivity index is 1.98. The fraction of sp³-hybridized carbons (Fsp3) is 0.312. The third-order valence-electron chi connectivity index (χ3n) is 3.41. The quantitative estimate of drug-likeness (QED) is 0.849. The van der Waals surface area contributed by atoms with Gasteiger partial charge in [0.1, 0.15) is 5.76 Å². The molecule has 6 nitrogen and oxygen atoms in total. The number of halogens is 2. The molecule has 2 amide bonds. The number of hydrogen-bond acceptors (Lipinski definition) is 4. The summed E-state index contributed by atoms with van der Waals surface area (Å²) in [5.74, 6) is -1.59. The van der Waals surface area contributed by atoms with Gasteiger partial charge in [0.15, 0.2) is 17.4 Å². The van der Waals surface area contributed by atoms with E-state index in [4.69, 9.17) is 4.42 Å². The smallest absolute Gasteiger partial charge is 0.319 e. The number of carbonyl (C=O) groups excluding carboxylic acids is 1. The van der Waals surface area contributed by atoms with E-state index in [-0.39, 0.29) is 18.3 Å². The first kappa shape index (κ1) is 17.7. The molecule has 0 aliphatic carbocycles. The molecule has 0 radical (unpaired) electrons. The molecule has 0 bridgehead atoms. The van der Waals surface area contributed by atoms with E-state index in [1.165, 1.54) is 0 Å². The van der Waals surface area contributed by atoms with Gasteiger partial charge in [-0.3, -0.25) is 4.90 Å². The van der Waals surface area contributed by atoms with E-state index in [1.54, 1.807) is 18.4 Å². The number of nitrogens with one attached hydrogen (secondary N) is 2. The molecule has 8 heteroatoms. The second-order valence-corrected chi connectivity index (χ2v) is 5.30. The van der Waals surface area contributed by atoms with Gasteiger partial charge in [0.05, 0.1) is 19.4 Å². The van der Waals surface area contributed by atoms with E-state index in [9.17, 15) is 13.6 Å². The van der Waals surface area contributed by atoms with Crippen molar-refractivity contribution in [2.24, 2.45) is 0 Å². The molecule has 0 aliphatic rings. The molecule has 1 heterocycles. The monoisotopic (exact) mass is 339 g/mol. The van der Waals surface area contributed by atoms with Crippen LogP contribution in [0, 0.1) is 11.6 Å². The predicted octanol–water partition coefficient (Wildman–Crippen LogP) is 2.99. The molecule has 1 aromatic heterocycles. The number of ether oxygens (including phenoxy) is 1. The van der Waals surface area contributed by atoms with Crippen molar-refractivity contribution in [2.75, 3.05) is 33.1 Å². The van der Waals surface area contributed by atoms with Gasteiger partial charge in [0.2, 0.25) is 0 Å². The lowest BCUT2D eigenvalue weighted by Crippen LogP contribution is -2.36. The van der Waals surface area contributed by atoms with Crippen LogP contribution < -0.4 is 15.4 Å². The number of anilines is 1. The summed E-state index contributed by atoms with van der Waals surface area (Å²) in [7, 11) is 4.86. The fourth-order valence-electron chi connectivity index (χ4n) is 2.21. The molecule has 0 aliphatic heterocycles. The number of amides is 2. The van der Waals surface area contributed by atoms with E-state index in [0.717, 1.165) is 19.2 Å². The van der Waals surface area contributed by atoms with Gasteiger partial charge in [-0.05, 0) is 26.2 Å². The number of hydrogen-bond donors (Lipinski definition) is 2. The SMILES string of the molecule is COc1c(F)cc(NC(=O)NCC(c2ccco2)N(C)C)cc1F. The fourth-order valence-corrected chi connectivity index (χ4v) is 2.21. The molecule has 130 valence electrons. The topological polar surface area (TPSA) is 66.7 Å². The predicted molar refractivity (Wildman–Crippen MR) is 85.1 cm³/mol. The average molecular weight is 339 g/mol. The Kier molecular flexibility index (Phi) is 5.75. The molecule has 1 atom stereocenters. The summed E-state index contributed by atoms with van der Waals surface area (Å²) in [6, 6.07) is 4.77. The molecule has 2 aromatic rings. The normalized spacial score (nSPS) is 12.1. The first-order valence-corrected chi connectivity index (χ1v) is 7.20. The van der Waals surface area contributed by atoms with Crippen LogP contribution >= 0.6 is 0 Å². The second-order valence-electron chi connectivity index (χ2n) is 5.30. The lowest BCUT2D eigenvalue weighted by atomic mass is 10.2. The zero-order valence-corrected chi connectivity index (χ0v) is 13.6. The molecular formula is C16H19F2N3O3. The van der Waals surface area contributed by atoms with Crippen LogP contribution in [-0.4, -0.2) is 38.7 Å². The van der Waals surface area contributed by atoms with E-state index >= 15 is 0 Å². The third kappa shape index (κ3) is 4.23. The Hall–Kier alpha value is -2.61. The van der Waals surface area contributed by atoms with Gasteiger partial charge in [-0.2, -0.15) is 0 Å². The van der Waals surface area contributed by atoms with Crippen molar-refractivity contribution in [3.8, 4) is 5.75 Å². The molecule has 2 rings (SSSR count). The van der Waals surface area contributed by atoms with Crippen molar-refractivity contribution < 1.29 is 22.7 Å². The maximum Gasteiger partial charge on any atom is 0.319 e. The summed E-state index contributed by atoms with van der Waals surface area (Å²) < 4.78 is 37.1. The highest BCUT2D eigenvalue weighted by Gasteiger charge is 2.18. The van der Waals surface area contributed by atoms with Gasteiger partial charge in [-0.1, -0.05) is 0 Å². The Morgan fingerprint density at radius 1 is 1.33 bits per heavy atom. The zero-order chi connectivity index (χ0) is 17.7. The number of benzene rings is 1. The second kappa shape index (κ2) is 7.78.